The lowest BCUT2D eigenvalue weighted by Crippen LogP contribution is -2.65. The maximum absolute atomic E-state index is 12.6. The Labute approximate surface area is 289 Å². The van der Waals surface area contributed by atoms with Crippen LogP contribution in [0.5, 0.6) is 0 Å². The fourth-order valence-corrected chi connectivity index (χ4v) is 6.49. The average Bonchev–Trinajstić information content (AvgIpc) is 3.01. The van der Waals surface area contributed by atoms with Gasteiger partial charge in [0.15, 0.2) is 12.2 Å². The highest BCUT2D eigenvalue weighted by molar-refractivity contribution is 7.99. The molecular weight excluding hydrogens is 644 g/mol. The van der Waals surface area contributed by atoms with E-state index in [0.717, 1.165) is 64.3 Å². The molecule has 0 aromatic carbocycles. The minimum atomic E-state index is -1.11. The molecule has 48 heavy (non-hydrogen) atoms. The largest absolute Gasteiger partial charge is 0.463 e. The van der Waals surface area contributed by atoms with Gasteiger partial charge in [0.05, 0.1) is 0 Å². The Balaban J connectivity index is 2.48. The summed E-state index contributed by atoms with van der Waals surface area (Å²) >= 11 is 1.41. The monoisotopic (exact) mass is 702 g/mol. The standard InChI is InChI=1S/C33H58N4O10S/c1-23(38)36-30-32(46-26(4)41)31(45-25(3)40)27(22-44-24(2)39)47-33(30)48-21-15-9-14-20-37(6)29(43)17-11-8-13-19-35-28(42)16-10-7-12-18-34-5/h27,30-34H,7-22H2,1-6H3,(H,35,42)(H,36,38)/t27?,30?,31-,32+,33-/m0/s1. The molecule has 3 amide bonds. The maximum Gasteiger partial charge on any atom is 0.303 e. The van der Waals surface area contributed by atoms with Crippen molar-refractivity contribution < 1.29 is 47.7 Å². The molecule has 0 aromatic rings. The molecule has 276 valence electrons. The molecule has 0 radical (unpaired) electrons. The minimum Gasteiger partial charge on any atom is -0.463 e. The first-order chi connectivity index (χ1) is 22.8. The Morgan fingerprint density at radius 2 is 1.38 bits per heavy atom. The van der Waals surface area contributed by atoms with E-state index in [2.05, 4.69) is 16.0 Å². The van der Waals surface area contributed by atoms with Crippen LogP contribution in [0.4, 0.5) is 0 Å². The Kier molecular flexibility index (Phi) is 22.6. The topological polar surface area (TPSA) is 179 Å². The quantitative estimate of drug-likeness (QED) is 0.0762. The van der Waals surface area contributed by atoms with Gasteiger partial charge in [-0.3, -0.25) is 28.8 Å². The number of thioether (sulfide) groups is 1. The van der Waals surface area contributed by atoms with Crippen molar-refractivity contribution in [2.75, 3.05) is 46.1 Å². The van der Waals surface area contributed by atoms with Gasteiger partial charge in [-0.25, -0.2) is 0 Å². The van der Waals surface area contributed by atoms with Gasteiger partial charge in [-0.15, -0.1) is 11.8 Å². The first kappa shape index (κ1) is 43.1. The average molecular weight is 703 g/mol. The van der Waals surface area contributed by atoms with Crippen molar-refractivity contribution in [3.8, 4) is 0 Å². The summed E-state index contributed by atoms with van der Waals surface area (Å²) in [4.78, 5) is 73.7. The summed E-state index contributed by atoms with van der Waals surface area (Å²) < 4.78 is 22.3. The lowest BCUT2D eigenvalue weighted by atomic mass is 9.97. The van der Waals surface area contributed by atoms with Crippen LogP contribution in [0, 0.1) is 0 Å². The third-order valence-electron chi connectivity index (χ3n) is 7.64. The summed E-state index contributed by atoms with van der Waals surface area (Å²) in [6, 6.07) is -0.826. The van der Waals surface area contributed by atoms with Gasteiger partial charge >= 0.3 is 17.9 Å². The number of esters is 3. The van der Waals surface area contributed by atoms with Crippen molar-refractivity contribution in [3.05, 3.63) is 0 Å². The smallest absolute Gasteiger partial charge is 0.303 e. The Morgan fingerprint density at radius 3 is 2.00 bits per heavy atom. The fraction of sp³-hybridized carbons (Fsp3) is 0.818. The van der Waals surface area contributed by atoms with Gasteiger partial charge in [0.1, 0.15) is 24.2 Å². The maximum atomic E-state index is 12.6. The van der Waals surface area contributed by atoms with Crippen LogP contribution in [0.1, 0.15) is 98.3 Å². The van der Waals surface area contributed by atoms with E-state index in [1.54, 1.807) is 11.9 Å². The number of hydrogen-bond donors (Lipinski definition) is 3. The summed E-state index contributed by atoms with van der Waals surface area (Å²) in [5, 5.41) is 8.83. The molecule has 0 aromatic heterocycles. The van der Waals surface area contributed by atoms with E-state index in [1.807, 2.05) is 7.05 Å². The molecule has 1 rings (SSSR count). The number of hydrogen-bond acceptors (Lipinski definition) is 12. The van der Waals surface area contributed by atoms with Gasteiger partial charge in [0, 0.05) is 60.7 Å². The zero-order chi connectivity index (χ0) is 35.9. The second kappa shape index (κ2) is 25.1. The number of carbonyl (C=O) groups is 6. The van der Waals surface area contributed by atoms with Crippen LogP contribution in [0.25, 0.3) is 0 Å². The van der Waals surface area contributed by atoms with Crippen LogP contribution in [-0.4, -0.2) is 116 Å². The Bertz CT molecular complexity index is 1020. The van der Waals surface area contributed by atoms with Crippen LogP contribution in [0.15, 0.2) is 0 Å². The van der Waals surface area contributed by atoms with Crippen LogP contribution < -0.4 is 16.0 Å². The molecule has 14 nitrogen and oxygen atoms in total. The van der Waals surface area contributed by atoms with Gasteiger partial charge in [0.25, 0.3) is 0 Å². The second-order valence-corrected chi connectivity index (χ2v) is 13.2. The molecule has 1 aliphatic heterocycles. The van der Waals surface area contributed by atoms with Crippen molar-refractivity contribution in [2.24, 2.45) is 0 Å². The van der Waals surface area contributed by atoms with E-state index in [1.165, 1.54) is 39.5 Å². The number of carbonyl (C=O) groups excluding carboxylic acids is 6. The van der Waals surface area contributed by atoms with Crippen LogP contribution in [0.3, 0.4) is 0 Å². The summed E-state index contributed by atoms with van der Waals surface area (Å²) in [6.07, 6.45) is 5.91. The SMILES string of the molecule is CNCCCCCC(=O)NCCCCCC(=O)N(C)CCCCCS[C@@H]1OC(COC(C)=O)[C@H](OC(C)=O)[C@H](OC(C)=O)C1NC(C)=O. The van der Waals surface area contributed by atoms with E-state index >= 15 is 0 Å². The van der Waals surface area contributed by atoms with Crippen molar-refractivity contribution in [2.45, 2.75) is 128 Å². The van der Waals surface area contributed by atoms with Gasteiger partial charge in [-0.1, -0.05) is 19.3 Å². The zero-order valence-corrected chi connectivity index (χ0v) is 30.5. The molecule has 0 saturated carbocycles. The molecule has 1 saturated heterocycles. The summed E-state index contributed by atoms with van der Waals surface area (Å²) in [5.41, 5.74) is -0.684. The molecule has 15 heteroatoms. The third kappa shape index (κ3) is 19.2. The van der Waals surface area contributed by atoms with E-state index in [9.17, 15) is 28.8 Å². The van der Waals surface area contributed by atoms with E-state index in [0.29, 0.717) is 31.7 Å². The van der Waals surface area contributed by atoms with Crippen LogP contribution in [0.2, 0.25) is 0 Å². The number of ether oxygens (including phenoxy) is 4. The highest BCUT2D eigenvalue weighted by Gasteiger charge is 2.50. The molecular formula is C33H58N4O10S. The van der Waals surface area contributed by atoms with Crippen molar-refractivity contribution in [1.82, 2.24) is 20.9 Å². The molecule has 1 fully saturated rings. The minimum absolute atomic E-state index is 0.0926. The molecule has 1 aliphatic rings. The molecule has 0 bridgehead atoms. The van der Waals surface area contributed by atoms with Crippen LogP contribution in [-0.2, 0) is 47.7 Å². The first-order valence-corrected chi connectivity index (χ1v) is 18.1. The number of nitrogens with one attached hydrogen (secondary N) is 3. The number of nitrogens with zero attached hydrogens (tertiary/aromatic N) is 1. The van der Waals surface area contributed by atoms with Crippen molar-refractivity contribution in [3.63, 3.8) is 0 Å². The van der Waals surface area contributed by atoms with Crippen molar-refractivity contribution in [1.29, 1.82) is 0 Å². The molecule has 0 aliphatic carbocycles. The molecule has 3 N–H and O–H groups in total. The predicted molar refractivity (Wildman–Crippen MR) is 182 cm³/mol. The number of unbranched alkanes of at least 4 members (excludes halogenated alkanes) is 6. The van der Waals surface area contributed by atoms with Gasteiger partial charge in [0.2, 0.25) is 17.7 Å². The summed E-state index contributed by atoms with van der Waals surface area (Å²) in [6.45, 7) is 6.99. The van der Waals surface area contributed by atoms with Gasteiger partial charge in [-0.05, 0) is 57.9 Å². The van der Waals surface area contributed by atoms with E-state index < -0.39 is 47.7 Å². The van der Waals surface area contributed by atoms with Gasteiger partial charge in [-0.2, -0.15) is 0 Å². The Morgan fingerprint density at radius 1 is 0.750 bits per heavy atom. The molecule has 0 spiro atoms. The van der Waals surface area contributed by atoms with E-state index in [-0.39, 0.29) is 24.3 Å². The van der Waals surface area contributed by atoms with E-state index in [4.69, 9.17) is 18.9 Å². The van der Waals surface area contributed by atoms with Crippen LogP contribution >= 0.6 is 11.8 Å². The summed E-state index contributed by atoms with van der Waals surface area (Å²) in [5.74, 6) is -1.38. The zero-order valence-electron chi connectivity index (χ0n) is 29.6. The lowest BCUT2D eigenvalue weighted by molar-refractivity contribution is -0.211. The predicted octanol–water partition coefficient (Wildman–Crippen LogP) is 2.46. The molecule has 2 unspecified atom stereocenters. The Hall–Kier alpha value is -2.91. The molecule has 1 heterocycles. The number of rotatable bonds is 24. The fourth-order valence-electron chi connectivity index (χ4n) is 5.23. The normalized spacial score (nSPS) is 20.3. The number of amides is 3. The third-order valence-corrected chi connectivity index (χ3v) is 8.89. The molecule has 5 atom stereocenters. The lowest BCUT2D eigenvalue weighted by Gasteiger charge is -2.45. The summed E-state index contributed by atoms with van der Waals surface area (Å²) in [7, 11) is 3.73. The highest BCUT2D eigenvalue weighted by atomic mass is 32.2. The highest BCUT2D eigenvalue weighted by Crippen LogP contribution is 2.33. The van der Waals surface area contributed by atoms with Gasteiger partial charge < -0.3 is 39.8 Å². The van der Waals surface area contributed by atoms with Crippen molar-refractivity contribution >= 4 is 47.4 Å². The second-order valence-electron chi connectivity index (χ2n) is 12.0. The first-order valence-electron chi connectivity index (χ1n) is 17.0.